The standard InChI is InChI=1S/C22H24N4O3S2/c1-25-11-13-26(14-12-25)31(28,29)18-9-10-22(23-15-18)30-16-21(27)24-20-8-4-6-17-5-2-3-7-19(17)20/h2-10,15H,11-14,16H2,1H3,(H,24,27). The number of nitrogens with one attached hydrogen (secondary N) is 1. The maximum Gasteiger partial charge on any atom is 0.244 e. The molecule has 1 saturated heterocycles. The second kappa shape index (κ2) is 9.35. The Bertz CT molecular complexity index is 1170. The maximum absolute atomic E-state index is 12.8. The number of rotatable bonds is 6. The molecule has 31 heavy (non-hydrogen) atoms. The van der Waals surface area contributed by atoms with Gasteiger partial charge in [-0.15, -0.1) is 0 Å². The van der Waals surface area contributed by atoms with Gasteiger partial charge in [-0.1, -0.05) is 48.2 Å². The summed E-state index contributed by atoms with van der Waals surface area (Å²) >= 11 is 1.27. The molecule has 1 aliphatic rings. The molecule has 0 unspecified atom stereocenters. The summed E-state index contributed by atoms with van der Waals surface area (Å²) in [7, 11) is -1.56. The Morgan fingerprint density at radius 1 is 1.03 bits per heavy atom. The van der Waals surface area contributed by atoms with Gasteiger partial charge in [0.25, 0.3) is 0 Å². The van der Waals surface area contributed by atoms with E-state index in [1.807, 2.05) is 49.5 Å². The number of aromatic nitrogens is 1. The molecule has 1 N–H and O–H groups in total. The van der Waals surface area contributed by atoms with Gasteiger partial charge in [0.15, 0.2) is 0 Å². The molecule has 1 fully saturated rings. The van der Waals surface area contributed by atoms with Gasteiger partial charge >= 0.3 is 0 Å². The topological polar surface area (TPSA) is 82.6 Å². The van der Waals surface area contributed by atoms with Crippen LogP contribution in [0.4, 0.5) is 5.69 Å². The summed E-state index contributed by atoms with van der Waals surface area (Å²) in [6, 6.07) is 16.9. The zero-order valence-corrected chi connectivity index (χ0v) is 18.8. The Balaban J connectivity index is 1.36. The highest BCUT2D eigenvalue weighted by molar-refractivity contribution is 7.99. The van der Waals surface area contributed by atoms with Gasteiger partial charge < -0.3 is 10.2 Å². The van der Waals surface area contributed by atoms with Crippen LogP contribution in [0.25, 0.3) is 10.8 Å². The lowest BCUT2D eigenvalue weighted by molar-refractivity contribution is -0.113. The zero-order valence-electron chi connectivity index (χ0n) is 17.2. The Hall–Kier alpha value is -2.46. The number of anilines is 1. The normalized spacial score (nSPS) is 15.8. The molecule has 0 bridgehead atoms. The van der Waals surface area contributed by atoms with Crippen LogP contribution in [0.5, 0.6) is 0 Å². The molecule has 1 amide bonds. The Morgan fingerprint density at radius 2 is 1.77 bits per heavy atom. The minimum Gasteiger partial charge on any atom is -0.325 e. The molecule has 0 saturated carbocycles. The molecule has 7 nitrogen and oxygen atoms in total. The van der Waals surface area contributed by atoms with Gasteiger partial charge in [-0.2, -0.15) is 4.31 Å². The Labute approximate surface area is 186 Å². The van der Waals surface area contributed by atoms with Crippen LogP contribution < -0.4 is 5.32 Å². The number of hydrogen-bond donors (Lipinski definition) is 1. The van der Waals surface area contributed by atoms with Gasteiger partial charge in [-0.25, -0.2) is 13.4 Å². The highest BCUT2D eigenvalue weighted by Crippen LogP contribution is 2.24. The van der Waals surface area contributed by atoms with Gasteiger partial charge in [-0.3, -0.25) is 4.79 Å². The van der Waals surface area contributed by atoms with Crippen molar-refractivity contribution in [2.75, 3.05) is 44.3 Å². The van der Waals surface area contributed by atoms with Crippen molar-refractivity contribution in [3.8, 4) is 0 Å². The zero-order chi connectivity index (χ0) is 21.8. The van der Waals surface area contributed by atoms with Crippen molar-refractivity contribution in [2.45, 2.75) is 9.92 Å². The van der Waals surface area contributed by atoms with E-state index in [-0.39, 0.29) is 16.6 Å². The summed E-state index contributed by atoms with van der Waals surface area (Å²) < 4.78 is 27.1. The lowest BCUT2D eigenvalue weighted by Gasteiger charge is -2.31. The number of carbonyl (C=O) groups excluding carboxylic acids is 1. The number of thioether (sulfide) groups is 1. The Kier molecular flexibility index (Phi) is 6.57. The van der Waals surface area contributed by atoms with Crippen LogP contribution in [-0.2, 0) is 14.8 Å². The molecule has 2 aromatic carbocycles. The number of amides is 1. The smallest absolute Gasteiger partial charge is 0.244 e. The Morgan fingerprint density at radius 3 is 2.52 bits per heavy atom. The van der Waals surface area contributed by atoms with E-state index in [0.717, 1.165) is 16.5 Å². The number of benzene rings is 2. The molecule has 9 heteroatoms. The highest BCUT2D eigenvalue weighted by atomic mass is 32.2. The average Bonchev–Trinajstić information content (AvgIpc) is 2.78. The minimum absolute atomic E-state index is 0.141. The number of sulfonamides is 1. The first-order chi connectivity index (χ1) is 14.9. The molecule has 162 valence electrons. The third-order valence-electron chi connectivity index (χ3n) is 5.22. The summed E-state index contributed by atoms with van der Waals surface area (Å²) in [4.78, 5) is 19.0. The second-order valence-corrected chi connectivity index (χ2v) is 10.3. The van der Waals surface area contributed by atoms with Crippen LogP contribution in [0.3, 0.4) is 0 Å². The van der Waals surface area contributed by atoms with E-state index in [1.165, 1.54) is 22.3 Å². The van der Waals surface area contributed by atoms with E-state index >= 15 is 0 Å². The summed E-state index contributed by atoms with van der Waals surface area (Å²) in [5.41, 5.74) is 0.769. The number of piperazine rings is 1. The lowest BCUT2D eigenvalue weighted by Crippen LogP contribution is -2.47. The monoisotopic (exact) mass is 456 g/mol. The van der Waals surface area contributed by atoms with Crippen molar-refractivity contribution in [2.24, 2.45) is 0 Å². The van der Waals surface area contributed by atoms with Gasteiger partial charge in [0.05, 0.1) is 10.8 Å². The summed E-state index contributed by atoms with van der Waals surface area (Å²) in [6.45, 7) is 2.38. The van der Waals surface area contributed by atoms with E-state index in [9.17, 15) is 13.2 Å². The minimum atomic E-state index is -3.54. The van der Waals surface area contributed by atoms with Crippen molar-refractivity contribution < 1.29 is 13.2 Å². The molecular weight excluding hydrogens is 432 g/mol. The molecule has 0 spiro atoms. The average molecular weight is 457 g/mol. The van der Waals surface area contributed by atoms with Gasteiger partial charge in [0.1, 0.15) is 4.90 Å². The van der Waals surface area contributed by atoms with Crippen LogP contribution in [-0.4, -0.2) is 67.5 Å². The third-order valence-corrected chi connectivity index (χ3v) is 8.05. The first-order valence-electron chi connectivity index (χ1n) is 9.99. The number of hydrogen-bond acceptors (Lipinski definition) is 6. The van der Waals surface area contributed by atoms with Crippen LogP contribution in [0.1, 0.15) is 0 Å². The van der Waals surface area contributed by atoms with Gasteiger partial charge in [0, 0.05) is 43.4 Å². The van der Waals surface area contributed by atoms with Crippen LogP contribution >= 0.6 is 11.8 Å². The molecule has 0 radical (unpaired) electrons. The molecule has 1 aromatic heterocycles. The van der Waals surface area contributed by atoms with Gasteiger partial charge in [-0.05, 0) is 30.6 Å². The summed E-state index contributed by atoms with van der Waals surface area (Å²) in [6.07, 6.45) is 1.37. The SMILES string of the molecule is CN1CCN(S(=O)(=O)c2ccc(SCC(=O)Nc3cccc4ccccc34)nc2)CC1. The highest BCUT2D eigenvalue weighted by Gasteiger charge is 2.27. The van der Waals surface area contributed by atoms with E-state index in [0.29, 0.717) is 31.2 Å². The van der Waals surface area contributed by atoms with E-state index in [1.54, 1.807) is 12.1 Å². The fourth-order valence-corrected chi connectivity index (χ4v) is 5.45. The quantitative estimate of drug-likeness (QED) is 0.575. The maximum atomic E-state index is 12.8. The largest absolute Gasteiger partial charge is 0.325 e. The number of likely N-dealkylation sites (N-methyl/N-ethyl adjacent to an activating group) is 1. The van der Waals surface area contributed by atoms with Crippen molar-refractivity contribution in [1.82, 2.24) is 14.2 Å². The number of nitrogens with zero attached hydrogens (tertiary/aromatic N) is 3. The molecule has 0 atom stereocenters. The van der Waals surface area contributed by atoms with E-state index in [4.69, 9.17) is 0 Å². The third kappa shape index (κ3) is 5.07. The van der Waals surface area contributed by atoms with Crippen LogP contribution in [0, 0.1) is 0 Å². The molecule has 3 aromatic rings. The van der Waals surface area contributed by atoms with Crippen molar-refractivity contribution in [3.05, 3.63) is 60.8 Å². The summed E-state index contributed by atoms with van der Waals surface area (Å²) in [5.74, 6) is 0.0399. The lowest BCUT2D eigenvalue weighted by atomic mass is 10.1. The van der Waals surface area contributed by atoms with E-state index in [2.05, 4.69) is 15.2 Å². The number of carbonyl (C=O) groups is 1. The number of pyridine rings is 1. The fraction of sp³-hybridized carbons (Fsp3) is 0.273. The van der Waals surface area contributed by atoms with Crippen molar-refractivity contribution in [1.29, 1.82) is 0 Å². The molecule has 4 rings (SSSR count). The first kappa shape index (κ1) is 21.8. The predicted octanol–water partition coefficient (Wildman–Crippen LogP) is 2.90. The number of fused-ring (bicyclic) bond motifs is 1. The fourth-order valence-electron chi connectivity index (χ4n) is 3.44. The van der Waals surface area contributed by atoms with Crippen LogP contribution in [0.2, 0.25) is 0 Å². The molecule has 1 aliphatic heterocycles. The predicted molar refractivity (Wildman–Crippen MR) is 124 cm³/mol. The molecular formula is C22H24N4O3S2. The van der Waals surface area contributed by atoms with Crippen LogP contribution in [0.15, 0.2) is 70.7 Å². The molecule has 2 heterocycles. The van der Waals surface area contributed by atoms with Gasteiger partial charge in [0.2, 0.25) is 15.9 Å². The molecule has 0 aliphatic carbocycles. The second-order valence-electron chi connectivity index (χ2n) is 7.40. The van der Waals surface area contributed by atoms with Crippen molar-refractivity contribution >= 4 is 44.2 Å². The first-order valence-corrected chi connectivity index (χ1v) is 12.4. The van der Waals surface area contributed by atoms with Crippen molar-refractivity contribution in [3.63, 3.8) is 0 Å². The van der Waals surface area contributed by atoms with E-state index < -0.39 is 10.0 Å². The summed E-state index contributed by atoms with van der Waals surface area (Å²) in [5, 5.41) is 5.59.